The molecule has 0 atom stereocenters. The fraction of sp³-hybridized carbons (Fsp3) is 0.0909. The second-order valence-corrected chi connectivity index (χ2v) is 3.67. The van der Waals surface area contributed by atoms with Crippen LogP contribution in [0, 0.1) is 6.92 Å². The molecule has 7 heteroatoms. The van der Waals surface area contributed by atoms with E-state index in [4.69, 9.17) is 5.73 Å². The predicted molar refractivity (Wildman–Crippen MR) is 66.2 cm³/mol. The highest BCUT2D eigenvalue weighted by Gasteiger charge is 2.11. The molecule has 0 fully saturated rings. The van der Waals surface area contributed by atoms with Gasteiger partial charge in [-0.2, -0.15) is 5.10 Å². The summed E-state index contributed by atoms with van der Waals surface area (Å²) in [5, 5.41) is 8.38. The quantitative estimate of drug-likeness (QED) is 0.704. The van der Waals surface area contributed by atoms with Crippen molar-refractivity contribution in [3.05, 3.63) is 46.0 Å². The number of carbonyl (C=O) groups is 1. The number of hydrogen-bond acceptors (Lipinski definition) is 5. The Morgan fingerprint density at radius 3 is 2.83 bits per heavy atom. The van der Waals surface area contributed by atoms with E-state index >= 15 is 0 Å². The first-order valence-corrected chi connectivity index (χ1v) is 5.15. The number of amides is 1. The van der Waals surface area contributed by atoms with Crippen LogP contribution in [0.4, 0.5) is 11.5 Å². The minimum Gasteiger partial charge on any atom is -0.398 e. The lowest BCUT2D eigenvalue weighted by atomic mass is 10.2. The Hall–Kier alpha value is -2.70. The first-order valence-electron chi connectivity index (χ1n) is 5.15. The highest BCUT2D eigenvalue weighted by Crippen LogP contribution is 2.12. The summed E-state index contributed by atoms with van der Waals surface area (Å²) in [4.78, 5) is 26.7. The van der Waals surface area contributed by atoms with E-state index in [-0.39, 0.29) is 16.9 Å². The van der Waals surface area contributed by atoms with Gasteiger partial charge in [-0.05, 0) is 19.1 Å². The van der Waals surface area contributed by atoms with Crippen molar-refractivity contribution in [1.82, 2.24) is 15.2 Å². The van der Waals surface area contributed by atoms with E-state index in [1.54, 1.807) is 13.0 Å². The van der Waals surface area contributed by atoms with E-state index < -0.39 is 5.91 Å². The first-order chi connectivity index (χ1) is 8.56. The van der Waals surface area contributed by atoms with Gasteiger partial charge in [-0.3, -0.25) is 14.6 Å². The van der Waals surface area contributed by atoms with Crippen LogP contribution < -0.4 is 16.6 Å². The lowest BCUT2D eigenvalue weighted by Crippen LogP contribution is -2.17. The van der Waals surface area contributed by atoms with Crippen molar-refractivity contribution >= 4 is 17.4 Å². The summed E-state index contributed by atoms with van der Waals surface area (Å²) in [6.07, 6.45) is 1.39. The van der Waals surface area contributed by atoms with E-state index in [2.05, 4.69) is 20.5 Å². The number of rotatable bonds is 2. The van der Waals surface area contributed by atoms with Crippen LogP contribution in [0.5, 0.6) is 0 Å². The minimum absolute atomic E-state index is 0.236. The maximum absolute atomic E-state index is 11.9. The Labute approximate surface area is 102 Å². The topological polar surface area (TPSA) is 114 Å². The molecule has 2 aromatic heterocycles. The molecular formula is C11H11N5O2. The van der Waals surface area contributed by atoms with E-state index in [0.717, 1.165) is 5.69 Å². The zero-order chi connectivity index (χ0) is 13.1. The molecule has 0 unspecified atom stereocenters. The van der Waals surface area contributed by atoms with Gasteiger partial charge in [-0.15, -0.1) is 0 Å². The highest BCUT2D eigenvalue weighted by atomic mass is 16.2. The molecule has 18 heavy (non-hydrogen) atoms. The fourth-order valence-electron chi connectivity index (χ4n) is 1.37. The number of nitrogens with one attached hydrogen (secondary N) is 2. The van der Waals surface area contributed by atoms with Crippen LogP contribution in [-0.4, -0.2) is 21.1 Å². The van der Waals surface area contributed by atoms with Crippen molar-refractivity contribution in [2.45, 2.75) is 6.92 Å². The second-order valence-electron chi connectivity index (χ2n) is 3.67. The third-order valence-corrected chi connectivity index (χ3v) is 2.24. The number of aromatic amines is 1. The third kappa shape index (κ3) is 2.51. The number of nitrogens with two attached hydrogens (primary N) is 1. The molecule has 7 nitrogen and oxygen atoms in total. The maximum Gasteiger partial charge on any atom is 0.264 e. The number of carbonyl (C=O) groups excluding carboxylic acids is 1. The molecule has 0 spiro atoms. The summed E-state index contributed by atoms with van der Waals surface area (Å²) < 4.78 is 0. The predicted octanol–water partition coefficient (Wildman–Crippen LogP) is 0.308. The molecule has 0 aliphatic rings. The van der Waals surface area contributed by atoms with Crippen LogP contribution in [0.15, 0.2) is 29.2 Å². The van der Waals surface area contributed by atoms with Crippen molar-refractivity contribution < 1.29 is 4.79 Å². The number of aromatic nitrogens is 3. The second kappa shape index (κ2) is 4.66. The van der Waals surface area contributed by atoms with E-state index in [1.165, 1.54) is 18.3 Å². The lowest BCUT2D eigenvalue weighted by molar-refractivity contribution is 0.102. The van der Waals surface area contributed by atoms with Gasteiger partial charge in [-0.25, -0.2) is 5.10 Å². The lowest BCUT2D eigenvalue weighted by Gasteiger charge is -2.06. The zero-order valence-corrected chi connectivity index (χ0v) is 9.60. The van der Waals surface area contributed by atoms with Gasteiger partial charge in [0.2, 0.25) is 0 Å². The van der Waals surface area contributed by atoms with Crippen molar-refractivity contribution in [1.29, 1.82) is 0 Å². The number of nitrogen functional groups attached to an aromatic ring is 1. The molecule has 1 amide bonds. The number of anilines is 2. The maximum atomic E-state index is 11.9. The zero-order valence-electron chi connectivity index (χ0n) is 9.60. The van der Waals surface area contributed by atoms with E-state index in [0.29, 0.717) is 5.69 Å². The first kappa shape index (κ1) is 11.8. The van der Waals surface area contributed by atoms with Crippen LogP contribution in [0.25, 0.3) is 0 Å². The average Bonchev–Trinajstić information content (AvgIpc) is 2.32. The van der Waals surface area contributed by atoms with Crippen LogP contribution in [0.2, 0.25) is 0 Å². The molecule has 4 N–H and O–H groups in total. The van der Waals surface area contributed by atoms with Gasteiger partial charge in [0.05, 0.1) is 5.56 Å². The number of hydrogen-bond donors (Lipinski definition) is 3. The number of aryl methyl sites for hydroxylation is 1. The van der Waals surface area contributed by atoms with Crippen LogP contribution in [-0.2, 0) is 0 Å². The van der Waals surface area contributed by atoms with Gasteiger partial charge in [-0.1, -0.05) is 0 Å². The average molecular weight is 245 g/mol. The van der Waals surface area contributed by atoms with Gasteiger partial charge in [0.1, 0.15) is 0 Å². The Morgan fingerprint density at radius 2 is 2.22 bits per heavy atom. The smallest absolute Gasteiger partial charge is 0.264 e. The molecule has 2 heterocycles. The van der Waals surface area contributed by atoms with Crippen molar-refractivity contribution in [3.8, 4) is 0 Å². The third-order valence-electron chi connectivity index (χ3n) is 2.24. The van der Waals surface area contributed by atoms with Gasteiger partial charge in [0, 0.05) is 23.6 Å². The number of H-pyrrole nitrogens is 1. The molecule has 0 saturated carbocycles. The number of nitrogens with zero attached hydrogens (tertiary/aromatic N) is 2. The van der Waals surface area contributed by atoms with E-state index in [1.807, 2.05) is 0 Å². The van der Waals surface area contributed by atoms with Gasteiger partial charge in [0.15, 0.2) is 5.82 Å². The minimum atomic E-state index is -0.431. The Kier molecular flexibility index (Phi) is 3.05. The highest BCUT2D eigenvalue weighted by molar-refractivity contribution is 6.07. The van der Waals surface area contributed by atoms with Crippen LogP contribution >= 0.6 is 0 Å². The van der Waals surface area contributed by atoms with Crippen molar-refractivity contribution in [3.63, 3.8) is 0 Å². The molecule has 92 valence electrons. The fourth-order valence-corrected chi connectivity index (χ4v) is 1.37. The molecule has 0 aliphatic heterocycles. The molecule has 0 aromatic carbocycles. The van der Waals surface area contributed by atoms with Crippen molar-refractivity contribution in [2.24, 2.45) is 0 Å². The van der Waals surface area contributed by atoms with Crippen molar-refractivity contribution in [2.75, 3.05) is 11.1 Å². The normalized spacial score (nSPS) is 10.1. The summed E-state index contributed by atoms with van der Waals surface area (Å²) in [5.41, 5.74) is 6.70. The molecule has 0 aliphatic carbocycles. The molecule has 0 bridgehead atoms. The van der Waals surface area contributed by atoms with Gasteiger partial charge in [0.25, 0.3) is 11.5 Å². The molecule has 2 rings (SSSR count). The van der Waals surface area contributed by atoms with Gasteiger partial charge < -0.3 is 11.1 Å². The molecular weight excluding hydrogens is 234 g/mol. The Morgan fingerprint density at radius 1 is 1.44 bits per heavy atom. The summed E-state index contributed by atoms with van der Waals surface area (Å²) in [6.45, 7) is 1.78. The standard InChI is InChI=1S/C11H11N5O2/c1-6-4-8(12)7(5-13-6)11(18)14-9-2-3-10(17)16-15-9/h2-5H,1H3,(H2,12,13)(H,16,17)(H,14,15,18). The summed E-state index contributed by atoms with van der Waals surface area (Å²) >= 11 is 0. The molecule has 0 radical (unpaired) electrons. The SMILES string of the molecule is Cc1cc(N)c(C(=O)Nc2ccc(=O)[nH]n2)cn1. The summed E-state index contributed by atoms with van der Waals surface area (Å²) in [7, 11) is 0. The summed E-state index contributed by atoms with van der Waals surface area (Å²) in [6, 6.07) is 4.27. The Bertz CT molecular complexity index is 630. The largest absolute Gasteiger partial charge is 0.398 e. The monoisotopic (exact) mass is 245 g/mol. The van der Waals surface area contributed by atoms with Gasteiger partial charge >= 0.3 is 0 Å². The van der Waals surface area contributed by atoms with E-state index in [9.17, 15) is 9.59 Å². The number of pyridine rings is 1. The van der Waals surface area contributed by atoms with Crippen LogP contribution in [0.3, 0.4) is 0 Å². The van der Waals surface area contributed by atoms with Crippen LogP contribution in [0.1, 0.15) is 16.1 Å². The molecule has 2 aromatic rings. The molecule has 0 saturated heterocycles. The summed E-state index contributed by atoms with van der Waals surface area (Å²) in [5.74, 6) is -0.195. The Balaban J connectivity index is 2.22.